The van der Waals surface area contributed by atoms with Crippen molar-refractivity contribution in [3.8, 4) is 17.2 Å². The number of nitrogens with zero attached hydrogens (tertiary/aromatic N) is 4. The Balaban J connectivity index is 1.78. The second-order valence-corrected chi connectivity index (χ2v) is 7.10. The smallest absolute Gasteiger partial charge is 0.255 e. The molecule has 0 aliphatic carbocycles. The quantitative estimate of drug-likeness (QED) is 0.634. The third-order valence-corrected chi connectivity index (χ3v) is 4.51. The van der Waals surface area contributed by atoms with Gasteiger partial charge in [0.15, 0.2) is 0 Å². The number of aromatic nitrogens is 4. The number of amides is 1. The van der Waals surface area contributed by atoms with E-state index in [9.17, 15) is 4.79 Å². The van der Waals surface area contributed by atoms with Gasteiger partial charge in [-0.25, -0.2) is 0 Å². The van der Waals surface area contributed by atoms with Crippen molar-refractivity contribution in [2.24, 2.45) is 0 Å². The summed E-state index contributed by atoms with van der Waals surface area (Å²) in [6.45, 7) is 5.85. The van der Waals surface area contributed by atoms with Gasteiger partial charge in [-0.15, -0.1) is 5.10 Å². The highest BCUT2D eigenvalue weighted by Gasteiger charge is 2.19. The van der Waals surface area contributed by atoms with E-state index in [1.54, 1.807) is 12.1 Å². The molecular weight excluding hydrogens is 394 g/mol. The molecule has 9 heteroatoms. The Morgan fingerprint density at radius 2 is 1.90 bits per heavy atom. The molecule has 8 nitrogen and oxygen atoms in total. The number of benzene rings is 2. The predicted octanol–water partition coefficient (Wildman–Crippen LogP) is 3.60. The van der Waals surface area contributed by atoms with Gasteiger partial charge in [0.2, 0.25) is 0 Å². The first-order chi connectivity index (χ1) is 13.9. The van der Waals surface area contributed by atoms with Crippen LogP contribution < -0.4 is 14.8 Å². The van der Waals surface area contributed by atoms with Crippen LogP contribution in [0.25, 0.3) is 5.69 Å². The summed E-state index contributed by atoms with van der Waals surface area (Å²) in [4.78, 5) is 12.8. The number of hydrogen-bond acceptors (Lipinski definition) is 6. The fraction of sp³-hybridized carbons (Fsp3) is 0.300. The van der Waals surface area contributed by atoms with Gasteiger partial charge in [0.05, 0.1) is 35.5 Å². The van der Waals surface area contributed by atoms with Crippen LogP contribution in [0.1, 0.15) is 42.7 Å². The van der Waals surface area contributed by atoms with E-state index in [2.05, 4.69) is 20.8 Å². The number of methoxy groups -OCH3 is 1. The molecule has 3 rings (SSSR count). The summed E-state index contributed by atoms with van der Waals surface area (Å²) >= 11 is 6.34. The lowest BCUT2D eigenvalue weighted by Crippen LogP contribution is -2.27. The first-order valence-electron chi connectivity index (χ1n) is 9.07. The zero-order valence-corrected chi connectivity index (χ0v) is 17.3. The Bertz CT molecular complexity index is 975. The Morgan fingerprint density at radius 1 is 1.17 bits per heavy atom. The highest BCUT2D eigenvalue weighted by molar-refractivity contribution is 6.33. The second-order valence-electron chi connectivity index (χ2n) is 6.69. The second kappa shape index (κ2) is 8.91. The maximum absolute atomic E-state index is 12.8. The van der Waals surface area contributed by atoms with Gasteiger partial charge in [-0.3, -0.25) is 4.79 Å². The Labute approximate surface area is 173 Å². The summed E-state index contributed by atoms with van der Waals surface area (Å²) in [5.41, 5.74) is 1.78. The molecule has 0 aliphatic rings. The number of tetrazole rings is 1. The molecule has 29 heavy (non-hydrogen) atoms. The SMILES string of the molecule is COc1cc(-n2cnnn2)c(Cl)cc1C(=O)NC(C)c1ccc(OC(C)C)cc1. The maximum Gasteiger partial charge on any atom is 0.255 e. The average molecular weight is 416 g/mol. The number of halogens is 1. The van der Waals surface area contributed by atoms with Gasteiger partial charge in [-0.05, 0) is 55.0 Å². The van der Waals surface area contributed by atoms with E-state index >= 15 is 0 Å². The summed E-state index contributed by atoms with van der Waals surface area (Å²) in [7, 11) is 1.49. The normalized spacial score (nSPS) is 11.9. The van der Waals surface area contributed by atoms with Crippen molar-refractivity contribution in [2.45, 2.75) is 32.9 Å². The molecule has 0 saturated carbocycles. The zero-order chi connectivity index (χ0) is 21.0. The van der Waals surface area contributed by atoms with Crippen LogP contribution in [0.15, 0.2) is 42.7 Å². The van der Waals surface area contributed by atoms with E-state index in [0.717, 1.165) is 11.3 Å². The van der Waals surface area contributed by atoms with Crippen LogP contribution in [0.5, 0.6) is 11.5 Å². The minimum atomic E-state index is -0.304. The van der Waals surface area contributed by atoms with Crippen LogP contribution in [-0.4, -0.2) is 39.3 Å². The lowest BCUT2D eigenvalue weighted by Gasteiger charge is -2.17. The monoisotopic (exact) mass is 415 g/mol. The van der Waals surface area contributed by atoms with Crippen molar-refractivity contribution in [3.05, 3.63) is 58.9 Å². The first kappa shape index (κ1) is 20.6. The molecular formula is C20H22ClN5O3. The van der Waals surface area contributed by atoms with Gasteiger partial charge in [-0.1, -0.05) is 23.7 Å². The molecule has 0 spiro atoms. The number of hydrogen-bond donors (Lipinski definition) is 1. The summed E-state index contributed by atoms with van der Waals surface area (Å²) in [6.07, 6.45) is 1.52. The van der Waals surface area contributed by atoms with E-state index < -0.39 is 0 Å². The third kappa shape index (κ3) is 4.83. The fourth-order valence-electron chi connectivity index (χ4n) is 2.80. The maximum atomic E-state index is 12.8. The number of nitrogens with one attached hydrogen (secondary N) is 1. The summed E-state index contributed by atoms with van der Waals surface area (Å²) in [5.74, 6) is 0.848. The van der Waals surface area contributed by atoms with Crippen molar-refractivity contribution < 1.29 is 14.3 Å². The lowest BCUT2D eigenvalue weighted by atomic mass is 10.1. The lowest BCUT2D eigenvalue weighted by molar-refractivity contribution is 0.0937. The van der Waals surface area contributed by atoms with Crippen molar-refractivity contribution in [3.63, 3.8) is 0 Å². The Morgan fingerprint density at radius 3 is 2.48 bits per heavy atom. The van der Waals surface area contributed by atoms with Crippen LogP contribution in [0.4, 0.5) is 0 Å². The molecule has 1 aromatic heterocycles. The van der Waals surface area contributed by atoms with Crippen molar-refractivity contribution in [2.75, 3.05) is 7.11 Å². The molecule has 1 amide bonds. The largest absolute Gasteiger partial charge is 0.496 e. The van der Waals surface area contributed by atoms with Gasteiger partial charge >= 0.3 is 0 Å². The molecule has 0 bridgehead atoms. The molecule has 0 saturated heterocycles. The van der Waals surface area contributed by atoms with Crippen molar-refractivity contribution >= 4 is 17.5 Å². The van der Waals surface area contributed by atoms with E-state index in [4.69, 9.17) is 21.1 Å². The van der Waals surface area contributed by atoms with Crippen LogP contribution in [0.2, 0.25) is 5.02 Å². The zero-order valence-electron chi connectivity index (χ0n) is 16.6. The molecule has 1 N–H and O–H groups in total. The average Bonchev–Trinajstić information content (AvgIpc) is 3.22. The van der Waals surface area contributed by atoms with Crippen LogP contribution in [0.3, 0.4) is 0 Å². The molecule has 2 aromatic carbocycles. The predicted molar refractivity (Wildman–Crippen MR) is 109 cm³/mol. The third-order valence-electron chi connectivity index (χ3n) is 4.21. The van der Waals surface area contributed by atoms with E-state index in [1.165, 1.54) is 18.1 Å². The van der Waals surface area contributed by atoms with Gasteiger partial charge < -0.3 is 14.8 Å². The number of ether oxygens (including phenoxy) is 2. The topological polar surface area (TPSA) is 91.2 Å². The van der Waals surface area contributed by atoms with E-state index in [-0.39, 0.29) is 18.1 Å². The highest BCUT2D eigenvalue weighted by atomic mass is 35.5. The summed E-state index contributed by atoms with van der Waals surface area (Å²) < 4.78 is 12.4. The molecule has 1 heterocycles. The molecule has 0 aliphatic heterocycles. The Hall–Kier alpha value is -3.13. The minimum Gasteiger partial charge on any atom is -0.496 e. The van der Waals surface area contributed by atoms with E-state index in [0.29, 0.717) is 22.0 Å². The number of carbonyl (C=O) groups is 1. The number of rotatable bonds is 7. The minimum absolute atomic E-state index is 0.103. The van der Waals surface area contributed by atoms with Crippen molar-refractivity contribution in [1.29, 1.82) is 0 Å². The Kier molecular flexibility index (Phi) is 6.33. The summed E-state index contributed by atoms with van der Waals surface area (Å²) in [5, 5.41) is 14.3. The van der Waals surface area contributed by atoms with Gasteiger partial charge in [0.25, 0.3) is 5.91 Å². The van der Waals surface area contributed by atoms with Gasteiger partial charge in [-0.2, -0.15) is 4.68 Å². The first-order valence-corrected chi connectivity index (χ1v) is 9.45. The highest BCUT2D eigenvalue weighted by Crippen LogP contribution is 2.30. The molecule has 0 radical (unpaired) electrons. The number of carbonyl (C=O) groups excluding carboxylic acids is 1. The standard InChI is InChI=1S/C20H22ClN5O3/c1-12(2)29-15-7-5-14(6-8-15)13(3)23-20(27)16-9-17(21)18(10-19(16)28-4)26-11-22-24-25-26/h5-13H,1-4H3,(H,23,27). The van der Waals surface area contributed by atoms with Gasteiger partial charge in [0.1, 0.15) is 17.8 Å². The van der Waals surface area contributed by atoms with Crippen molar-refractivity contribution in [1.82, 2.24) is 25.5 Å². The molecule has 0 fully saturated rings. The van der Waals surface area contributed by atoms with E-state index in [1.807, 2.05) is 45.0 Å². The van der Waals surface area contributed by atoms with Crippen LogP contribution >= 0.6 is 11.6 Å². The molecule has 3 aromatic rings. The molecule has 152 valence electrons. The molecule has 1 unspecified atom stereocenters. The van der Waals surface area contributed by atoms with Gasteiger partial charge in [0, 0.05) is 6.07 Å². The van der Waals surface area contributed by atoms with Crippen LogP contribution in [0, 0.1) is 0 Å². The summed E-state index contributed by atoms with van der Waals surface area (Å²) in [6, 6.07) is 10.6. The molecule has 1 atom stereocenters. The van der Waals surface area contributed by atoms with Crippen LogP contribution in [-0.2, 0) is 0 Å². The fourth-order valence-corrected chi connectivity index (χ4v) is 3.05.